The molecule has 1 aliphatic rings. The number of hydrogen-bond donors (Lipinski definition) is 1. The molecule has 1 atom stereocenters. The van der Waals surface area contributed by atoms with Crippen molar-refractivity contribution >= 4 is 5.69 Å². The number of likely N-dealkylation sites (tertiary alicyclic amines) is 1. The Morgan fingerprint density at radius 2 is 1.94 bits per heavy atom. The molecule has 1 aromatic carbocycles. The fourth-order valence-corrected chi connectivity index (χ4v) is 2.86. The number of piperidine rings is 1. The molecule has 1 aromatic rings. The molecule has 0 saturated carbocycles. The minimum Gasteiger partial charge on any atom is -0.382 e. The summed E-state index contributed by atoms with van der Waals surface area (Å²) in [5, 5.41) is 3.73. The molecule has 1 fully saturated rings. The zero-order chi connectivity index (χ0) is 13.0. The quantitative estimate of drug-likeness (QED) is 0.876. The molecule has 0 aliphatic carbocycles. The van der Waals surface area contributed by atoms with E-state index in [1.54, 1.807) is 0 Å². The lowest BCUT2D eigenvalue weighted by molar-refractivity contribution is 0.208. The van der Waals surface area contributed by atoms with Gasteiger partial charge < -0.3 is 10.2 Å². The summed E-state index contributed by atoms with van der Waals surface area (Å²) < 4.78 is 0. The lowest BCUT2D eigenvalue weighted by Crippen LogP contribution is -2.37. The maximum absolute atomic E-state index is 3.73. The second-order valence-electron chi connectivity index (χ2n) is 5.58. The Bertz CT molecular complexity index is 367. The van der Waals surface area contributed by atoms with Crippen LogP contribution in [0.25, 0.3) is 0 Å². The molecular weight excluding hydrogens is 220 g/mol. The third-order valence-electron chi connectivity index (χ3n) is 4.25. The van der Waals surface area contributed by atoms with Gasteiger partial charge in [0.2, 0.25) is 0 Å². The van der Waals surface area contributed by atoms with Crippen LogP contribution in [-0.2, 0) is 6.42 Å². The van der Waals surface area contributed by atoms with Crippen LogP contribution in [0.3, 0.4) is 0 Å². The molecule has 0 amide bonds. The fraction of sp³-hybridized carbons (Fsp3) is 0.625. The summed E-state index contributed by atoms with van der Waals surface area (Å²) in [5.41, 5.74) is 2.75. The Morgan fingerprint density at radius 3 is 2.61 bits per heavy atom. The Kier molecular flexibility index (Phi) is 4.65. The lowest BCUT2D eigenvalue weighted by Gasteiger charge is -2.33. The molecule has 1 heterocycles. The summed E-state index contributed by atoms with van der Waals surface area (Å²) in [5.74, 6) is 0.811. The second-order valence-corrected chi connectivity index (χ2v) is 5.58. The standard InChI is InChI=1S/C16H26N2/c1-4-14-7-5-6-8-16(14)17-13(2)15-9-11-18(3)12-10-15/h5-8,13,15,17H,4,9-12H2,1-3H3. The number of rotatable bonds is 4. The highest BCUT2D eigenvalue weighted by Gasteiger charge is 2.22. The maximum Gasteiger partial charge on any atom is 0.0374 e. The van der Waals surface area contributed by atoms with E-state index < -0.39 is 0 Å². The number of anilines is 1. The molecule has 1 N–H and O–H groups in total. The van der Waals surface area contributed by atoms with E-state index >= 15 is 0 Å². The fourth-order valence-electron chi connectivity index (χ4n) is 2.86. The Hall–Kier alpha value is -1.02. The van der Waals surface area contributed by atoms with Crippen LogP contribution in [0, 0.1) is 5.92 Å². The summed E-state index contributed by atoms with van der Waals surface area (Å²) in [6.45, 7) is 7.04. The summed E-state index contributed by atoms with van der Waals surface area (Å²) in [7, 11) is 2.22. The molecule has 0 spiro atoms. The minimum absolute atomic E-state index is 0.575. The van der Waals surface area contributed by atoms with Crippen molar-refractivity contribution in [3.05, 3.63) is 29.8 Å². The van der Waals surface area contributed by atoms with E-state index in [0.717, 1.165) is 12.3 Å². The second kappa shape index (κ2) is 6.24. The molecule has 0 bridgehead atoms. The van der Waals surface area contributed by atoms with Crippen molar-refractivity contribution < 1.29 is 0 Å². The van der Waals surface area contributed by atoms with E-state index in [9.17, 15) is 0 Å². The molecule has 2 heteroatoms. The number of benzene rings is 1. The Labute approximate surface area is 111 Å². The summed E-state index contributed by atoms with van der Waals surface area (Å²) in [6, 6.07) is 9.27. The van der Waals surface area contributed by atoms with E-state index in [0.29, 0.717) is 6.04 Å². The predicted molar refractivity (Wildman–Crippen MR) is 79.1 cm³/mol. The van der Waals surface area contributed by atoms with Crippen LogP contribution in [0.5, 0.6) is 0 Å². The van der Waals surface area contributed by atoms with Gasteiger partial charge in [0.15, 0.2) is 0 Å². The zero-order valence-corrected chi connectivity index (χ0v) is 11.9. The van der Waals surface area contributed by atoms with Crippen molar-refractivity contribution in [2.45, 2.75) is 39.2 Å². The molecule has 18 heavy (non-hydrogen) atoms. The number of hydrogen-bond acceptors (Lipinski definition) is 2. The predicted octanol–water partition coefficient (Wildman–Crippen LogP) is 3.39. The van der Waals surface area contributed by atoms with Crippen LogP contribution in [-0.4, -0.2) is 31.1 Å². The zero-order valence-electron chi connectivity index (χ0n) is 11.9. The van der Waals surface area contributed by atoms with Crippen molar-refractivity contribution in [3.63, 3.8) is 0 Å². The Morgan fingerprint density at radius 1 is 1.28 bits per heavy atom. The van der Waals surface area contributed by atoms with Gasteiger partial charge in [-0.3, -0.25) is 0 Å². The van der Waals surface area contributed by atoms with Gasteiger partial charge in [-0.15, -0.1) is 0 Å². The third kappa shape index (κ3) is 3.26. The number of aryl methyl sites for hydroxylation is 1. The maximum atomic E-state index is 3.73. The van der Waals surface area contributed by atoms with Gasteiger partial charge in [0, 0.05) is 11.7 Å². The first kappa shape index (κ1) is 13.4. The molecule has 1 saturated heterocycles. The average molecular weight is 246 g/mol. The van der Waals surface area contributed by atoms with Gasteiger partial charge in [-0.05, 0) is 63.9 Å². The van der Waals surface area contributed by atoms with Gasteiger partial charge in [0.25, 0.3) is 0 Å². The van der Waals surface area contributed by atoms with E-state index in [2.05, 4.69) is 55.4 Å². The van der Waals surface area contributed by atoms with E-state index in [4.69, 9.17) is 0 Å². The van der Waals surface area contributed by atoms with Crippen LogP contribution in [0.2, 0.25) is 0 Å². The molecule has 1 aliphatic heterocycles. The van der Waals surface area contributed by atoms with Crippen LogP contribution in [0.4, 0.5) is 5.69 Å². The van der Waals surface area contributed by atoms with Crippen molar-refractivity contribution in [2.24, 2.45) is 5.92 Å². The molecule has 0 aromatic heterocycles. The molecule has 2 rings (SSSR count). The molecule has 1 unspecified atom stereocenters. The SMILES string of the molecule is CCc1ccccc1NC(C)C1CCN(C)CC1. The van der Waals surface area contributed by atoms with Gasteiger partial charge >= 0.3 is 0 Å². The van der Waals surface area contributed by atoms with Gasteiger partial charge in [-0.1, -0.05) is 25.1 Å². The van der Waals surface area contributed by atoms with Gasteiger partial charge in [-0.25, -0.2) is 0 Å². The summed E-state index contributed by atoms with van der Waals surface area (Å²) >= 11 is 0. The number of nitrogens with one attached hydrogen (secondary N) is 1. The molecule has 2 nitrogen and oxygen atoms in total. The van der Waals surface area contributed by atoms with Gasteiger partial charge in [0.1, 0.15) is 0 Å². The van der Waals surface area contributed by atoms with Crippen LogP contribution in [0.1, 0.15) is 32.3 Å². The molecule has 0 radical (unpaired) electrons. The first-order valence-electron chi connectivity index (χ1n) is 7.23. The molecule has 100 valence electrons. The smallest absolute Gasteiger partial charge is 0.0374 e. The number of para-hydroxylation sites is 1. The normalized spacial score (nSPS) is 19.7. The van der Waals surface area contributed by atoms with Crippen molar-refractivity contribution in [1.29, 1.82) is 0 Å². The highest BCUT2D eigenvalue weighted by molar-refractivity contribution is 5.51. The monoisotopic (exact) mass is 246 g/mol. The highest BCUT2D eigenvalue weighted by Crippen LogP contribution is 2.24. The first-order valence-corrected chi connectivity index (χ1v) is 7.23. The van der Waals surface area contributed by atoms with Crippen molar-refractivity contribution in [3.8, 4) is 0 Å². The minimum atomic E-state index is 0.575. The van der Waals surface area contributed by atoms with Crippen molar-refractivity contribution in [1.82, 2.24) is 4.90 Å². The largest absolute Gasteiger partial charge is 0.382 e. The van der Waals surface area contributed by atoms with Gasteiger partial charge in [0.05, 0.1) is 0 Å². The first-order chi connectivity index (χ1) is 8.70. The van der Waals surface area contributed by atoms with Crippen LogP contribution in [0.15, 0.2) is 24.3 Å². The van der Waals surface area contributed by atoms with Gasteiger partial charge in [-0.2, -0.15) is 0 Å². The van der Waals surface area contributed by atoms with Crippen molar-refractivity contribution in [2.75, 3.05) is 25.5 Å². The summed E-state index contributed by atoms with van der Waals surface area (Å²) in [4.78, 5) is 2.43. The van der Waals surface area contributed by atoms with E-state index in [-0.39, 0.29) is 0 Å². The average Bonchev–Trinajstić information content (AvgIpc) is 2.40. The topological polar surface area (TPSA) is 15.3 Å². The Balaban J connectivity index is 1.96. The molecular formula is C16H26N2. The van der Waals surface area contributed by atoms with E-state index in [1.165, 1.54) is 37.2 Å². The van der Waals surface area contributed by atoms with Crippen LogP contribution >= 0.6 is 0 Å². The van der Waals surface area contributed by atoms with E-state index in [1.807, 2.05) is 0 Å². The number of nitrogens with zero attached hydrogens (tertiary/aromatic N) is 1. The van der Waals surface area contributed by atoms with Crippen LogP contribution < -0.4 is 5.32 Å². The lowest BCUT2D eigenvalue weighted by atomic mass is 9.90. The highest BCUT2D eigenvalue weighted by atomic mass is 15.1. The third-order valence-corrected chi connectivity index (χ3v) is 4.25. The summed E-state index contributed by atoms with van der Waals surface area (Å²) in [6.07, 6.45) is 3.74.